The zero-order valence-corrected chi connectivity index (χ0v) is 14.2. The Hall–Kier alpha value is -2.89. The predicted octanol–water partition coefficient (Wildman–Crippen LogP) is 2.65. The minimum Gasteiger partial charge on any atom is -0.497 e. The van der Waals surface area contributed by atoms with Gasteiger partial charge in [-0.1, -0.05) is 0 Å². The average molecular weight is 331 g/mol. The zero-order chi connectivity index (χ0) is 17.5. The Morgan fingerprint density at radius 3 is 2.00 bits per heavy atom. The fourth-order valence-electron chi connectivity index (χ4n) is 2.23. The smallest absolute Gasteiger partial charge is 0.255 e. The van der Waals surface area contributed by atoms with E-state index in [1.807, 2.05) is 12.1 Å². The van der Waals surface area contributed by atoms with E-state index in [1.165, 1.54) is 7.11 Å². The molecule has 1 N–H and O–H groups in total. The molecule has 24 heavy (non-hydrogen) atoms. The molecule has 6 nitrogen and oxygen atoms in total. The van der Waals surface area contributed by atoms with E-state index in [4.69, 9.17) is 18.9 Å². The Bertz CT molecular complexity index is 692. The normalized spacial score (nSPS) is 10.0. The number of ether oxygens (including phenoxy) is 4. The van der Waals surface area contributed by atoms with Crippen LogP contribution in [0.4, 0.5) is 0 Å². The van der Waals surface area contributed by atoms with Crippen LogP contribution in [0, 0.1) is 0 Å². The van der Waals surface area contributed by atoms with E-state index in [1.54, 1.807) is 45.6 Å². The molecule has 0 atom stereocenters. The minimum absolute atomic E-state index is 0.240. The van der Waals surface area contributed by atoms with Crippen LogP contribution >= 0.6 is 0 Å². The molecular weight excluding hydrogens is 310 g/mol. The van der Waals surface area contributed by atoms with Crippen molar-refractivity contribution in [1.82, 2.24) is 5.32 Å². The maximum absolute atomic E-state index is 12.4. The van der Waals surface area contributed by atoms with Gasteiger partial charge in [0.25, 0.3) is 5.91 Å². The van der Waals surface area contributed by atoms with Crippen LogP contribution in [0.1, 0.15) is 15.9 Å². The van der Waals surface area contributed by atoms with E-state index in [0.717, 1.165) is 5.56 Å². The largest absolute Gasteiger partial charge is 0.497 e. The van der Waals surface area contributed by atoms with Crippen LogP contribution in [-0.2, 0) is 6.54 Å². The molecule has 2 aromatic rings. The van der Waals surface area contributed by atoms with Gasteiger partial charge in [0.2, 0.25) is 0 Å². The lowest BCUT2D eigenvalue weighted by atomic mass is 10.1. The predicted molar refractivity (Wildman–Crippen MR) is 90.3 cm³/mol. The van der Waals surface area contributed by atoms with Crippen molar-refractivity contribution in [2.75, 3.05) is 28.4 Å². The van der Waals surface area contributed by atoms with E-state index < -0.39 is 0 Å². The number of amides is 1. The van der Waals surface area contributed by atoms with Crippen molar-refractivity contribution in [3.63, 3.8) is 0 Å². The summed E-state index contributed by atoms with van der Waals surface area (Å²) in [4.78, 5) is 12.4. The van der Waals surface area contributed by atoms with Crippen LogP contribution in [0.15, 0.2) is 36.4 Å². The van der Waals surface area contributed by atoms with Crippen LogP contribution in [0.2, 0.25) is 0 Å². The summed E-state index contributed by atoms with van der Waals surface area (Å²) in [6.07, 6.45) is 0. The molecule has 0 radical (unpaired) electrons. The number of benzene rings is 2. The molecule has 0 aliphatic carbocycles. The summed E-state index contributed by atoms with van der Waals surface area (Å²) in [6, 6.07) is 10.5. The lowest BCUT2D eigenvalue weighted by Crippen LogP contribution is -2.23. The first kappa shape index (κ1) is 17.5. The van der Waals surface area contributed by atoms with Crippen molar-refractivity contribution < 1.29 is 23.7 Å². The van der Waals surface area contributed by atoms with Gasteiger partial charge in [0, 0.05) is 18.7 Å². The van der Waals surface area contributed by atoms with Gasteiger partial charge >= 0.3 is 0 Å². The van der Waals surface area contributed by atoms with Gasteiger partial charge in [-0.05, 0) is 29.8 Å². The van der Waals surface area contributed by atoms with Crippen LogP contribution in [0.25, 0.3) is 0 Å². The molecular formula is C18H21NO5. The highest BCUT2D eigenvalue weighted by molar-refractivity contribution is 5.97. The van der Waals surface area contributed by atoms with E-state index in [2.05, 4.69) is 5.32 Å². The SMILES string of the molecule is COc1cc(CNC(=O)c2ccc(OC)cc2OC)cc(OC)c1. The van der Waals surface area contributed by atoms with Crippen LogP contribution in [0.3, 0.4) is 0 Å². The topological polar surface area (TPSA) is 66.0 Å². The van der Waals surface area contributed by atoms with E-state index >= 15 is 0 Å². The van der Waals surface area contributed by atoms with Gasteiger partial charge in [-0.15, -0.1) is 0 Å². The fraction of sp³-hybridized carbons (Fsp3) is 0.278. The Labute approximate surface area is 141 Å². The van der Waals surface area contributed by atoms with Gasteiger partial charge in [0.1, 0.15) is 23.0 Å². The Balaban J connectivity index is 2.13. The third-order valence-corrected chi connectivity index (χ3v) is 3.52. The van der Waals surface area contributed by atoms with Crippen molar-refractivity contribution in [3.05, 3.63) is 47.5 Å². The molecule has 128 valence electrons. The van der Waals surface area contributed by atoms with Crippen LogP contribution in [-0.4, -0.2) is 34.3 Å². The molecule has 6 heteroatoms. The summed E-state index contributed by atoms with van der Waals surface area (Å²) in [7, 11) is 6.24. The lowest BCUT2D eigenvalue weighted by molar-refractivity contribution is 0.0947. The quantitative estimate of drug-likeness (QED) is 0.845. The molecule has 0 heterocycles. The first-order chi connectivity index (χ1) is 11.6. The van der Waals surface area contributed by atoms with Gasteiger partial charge in [-0.3, -0.25) is 4.79 Å². The molecule has 0 aliphatic rings. The molecule has 2 aromatic carbocycles. The molecule has 0 aliphatic heterocycles. The van der Waals surface area contributed by atoms with Gasteiger partial charge in [0.15, 0.2) is 0 Å². The second-order valence-electron chi connectivity index (χ2n) is 4.97. The van der Waals surface area contributed by atoms with Crippen molar-refractivity contribution in [2.24, 2.45) is 0 Å². The van der Waals surface area contributed by atoms with E-state index in [9.17, 15) is 4.79 Å². The second-order valence-corrected chi connectivity index (χ2v) is 4.97. The summed E-state index contributed by atoms with van der Waals surface area (Å²) >= 11 is 0. The number of methoxy groups -OCH3 is 4. The standard InChI is InChI=1S/C18H21NO5/c1-21-13-5-6-16(17(10-13)24-4)18(20)19-11-12-7-14(22-2)9-15(8-12)23-3/h5-10H,11H2,1-4H3,(H,19,20). The summed E-state index contributed by atoms with van der Waals surface area (Å²) in [5, 5.41) is 2.86. The highest BCUT2D eigenvalue weighted by Crippen LogP contribution is 2.25. The zero-order valence-electron chi connectivity index (χ0n) is 14.2. The van der Waals surface area contributed by atoms with Gasteiger partial charge in [-0.25, -0.2) is 0 Å². The van der Waals surface area contributed by atoms with Crippen LogP contribution in [0.5, 0.6) is 23.0 Å². The summed E-state index contributed by atoms with van der Waals surface area (Å²) in [5.74, 6) is 2.17. The monoisotopic (exact) mass is 331 g/mol. The van der Waals surface area contributed by atoms with E-state index in [-0.39, 0.29) is 5.91 Å². The van der Waals surface area contributed by atoms with Gasteiger partial charge in [0.05, 0.1) is 34.0 Å². The van der Waals surface area contributed by atoms with Gasteiger partial charge < -0.3 is 24.3 Å². The van der Waals surface area contributed by atoms with Crippen molar-refractivity contribution in [3.8, 4) is 23.0 Å². The Morgan fingerprint density at radius 2 is 1.46 bits per heavy atom. The van der Waals surface area contributed by atoms with E-state index in [0.29, 0.717) is 35.1 Å². The minimum atomic E-state index is -0.240. The summed E-state index contributed by atoms with van der Waals surface area (Å²) in [5.41, 5.74) is 1.31. The lowest BCUT2D eigenvalue weighted by Gasteiger charge is -2.12. The van der Waals surface area contributed by atoms with Gasteiger partial charge in [-0.2, -0.15) is 0 Å². The summed E-state index contributed by atoms with van der Waals surface area (Å²) < 4.78 is 20.8. The average Bonchev–Trinajstić information content (AvgIpc) is 2.64. The number of carbonyl (C=O) groups is 1. The molecule has 0 saturated heterocycles. The first-order valence-electron chi connectivity index (χ1n) is 7.33. The third kappa shape index (κ3) is 4.10. The number of rotatable bonds is 7. The first-order valence-corrected chi connectivity index (χ1v) is 7.33. The number of carbonyl (C=O) groups excluding carboxylic acids is 1. The molecule has 1 amide bonds. The van der Waals surface area contributed by atoms with Crippen molar-refractivity contribution in [2.45, 2.75) is 6.54 Å². The van der Waals surface area contributed by atoms with Crippen LogP contribution < -0.4 is 24.3 Å². The third-order valence-electron chi connectivity index (χ3n) is 3.52. The highest BCUT2D eigenvalue weighted by atomic mass is 16.5. The molecule has 0 unspecified atom stereocenters. The molecule has 0 saturated carbocycles. The number of hydrogen-bond acceptors (Lipinski definition) is 5. The highest BCUT2D eigenvalue weighted by Gasteiger charge is 2.13. The molecule has 2 rings (SSSR count). The molecule has 0 fully saturated rings. The van der Waals surface area contributed by atoms with Crippen molar-refractivity contribution in [1.29, 1.82) is 0 Å². The molecule has 0 spiro atoms. The Kier molecular flexibility index (Phi) is 5.89. The molecule has 0 aromatic heterocycles. The molecule has 0 bridgehead atoms. The Morgan fingerprint density at radius 1 is 0.833 bits per heavy atom. The second kappa shape index (κ2) is 8.10. The number of hydrogen-bond donors (Lipinski definition) is 1. The fourth-order valence-corrected chi connectivity index (χ4v) is 2.23. The maximum Gasteiger partial charge on any atom is 0.255 e. The van der Waals surface area contributed by atoms with Crippen molar-refractivity contribution >= 4 is 5.91 Å². The number of nitrogens with one attached hydrogen (secondary N) is 1. The maximum atomic E-state index is 12.4. The summed E-state index contributed by atoms with van der Waals surface area (Å²) in [6.45, 7) is 0.335.